The van der Waals surface area contributed by atoms with Crippen molar-refractivity contribution in [1.29, 1.82) is 0 Å². The average molecular weight is 232 g/mol. The molecule has 2 aliphatic rings. The SMILES string of the molecule is CNc1cccc(NC2CCN(C3CC3)C2)n1. The van der Waals surface area contributed by atoms with Gasteiger partial charge in [0, 0.05) is 32.2 Å². The first-order chi connectivity index (χ1) is 8.35. The highest BCUT2D eigenvalue weighted by molar-refractivity contribution is 5.45. The molecule has 1 aromatic rings. The summed E-state index contributed by atoms with van der Waals surface area (Å²) in [5.74, 6) is 1.91. The minimum Gasteiger partial charge on any atom is -0.373 e. The van der Waals surface area contributed by atoms with Crippen LogP contribution in [0.5, 0.6) is 0 Å². The Morgan fingerprint density at radius 3 is 2.82 bits per heavy atom. The molecule has 4 heteroatoms. The largest absolute Gasteiger partial charge is 0.373 e. The summed E-state index contributed by atoms with van der Waals surface area (Å²) in [5.41, 5.74) is 0. The molecule has 2 fully saturated rings. The lowest BCUT2D eigenvalue weighted by atomic mass is 10.2. The lowest BCUT2D eigenvalue weighted by Gasteiger charge is -2.16. The van der Waals surface area contributed by atoms with Crippen LogP contribution >= 0.6 is 0 Å². The number of likely N-dealkylation sites (tertiary alicyclic amines) is 1. The van der Waals surface area contributed by atoms with E-state index < -0.39 is 0 Å². The van der Waals surface area contributed by atoms with Gasteiger partial charge in [0.2, 0.25) is 0 Å². The zero-order chi connectivity index (χ0) is 11.7. The smallest absolute Gasteiger partial charge is 0.128 e. The number of nitrogens with zero attached hydrogens (tertiary/aromatic N) is 2. The quantitative estimate of drug-likeness (QED) is 0.830. The van der Waals surface area contributed by atoms with E-state index in [1.165, 1.54) is 32.4 Å². The molecule has 1 aliphatic heterocycles. The summed E-state index contributed by atoms with van der Waals surface area (Å²) in [4.78, 5) is 7.11. The number of anilines is 2. The van der Waals surface area contributed by atoms with Crippen molar-refractivity contribution in [1.82, 2.24) is 9.88 Å². The molecule has 1 saturated carbocycles. The molecule has 1 atom stereocenters. The summed E-state index contributed by atoms with van der Waals surface area (Å²) >= 11 is 0. The van der Waals surface area contributed by atoms with E-state index in [4.69, 9.17) is 0 Å². The lowest BCUT2D eigenvalue weighted by molar-refractivity contribution is 0.326. The first-order valence-corrected chi connectivity index (χ1v) is 6.50. The second-order valence-electron chi connectivity index (χ2n) is 5.01. The number of pyridine rings is 1. The van der Waals surface area contributed by atoms with Crippen molar-refractivity contribution in [3.05, 3.63) is 18.2 Å². The Morgan fingerprint density at radius 1 is 1.24 bits per heavy atom. The highest BCUT2D eigenvalue weighted by Crippen LogP contribution is 2.30. The minimum absolute atomic E-state index is 0.565. The second kappa shape index (κ2) is 4.53. The monoisotopic (exact) mass is 232 g/mol. The highest BCUT2D eigenvalue weighted by atomic mass is 15.2. The molecule has 1 aliphatic carbocycles. The number of rotatable bonds is 4. The summed E-state index contributed by atoms with van der Waals surface area (Å²) in [6.45, 7) is 2.42. The van der Waals surface area contributed by atoms with Crippen LogP contribution in [-0.4, -0.2) is 42.1 Å². The Balaban J connectivity index is 1.59. The standard InChI is InChI=1S/C13H20N4/c1-14-12-3-2-4-13(16-12)15-10-7-8-17(9-10)11-5-6-11/h2-4,10-11H,5-9H2,1H3,(H2,14,15,16). The van der Waals surface area contributed by atoms with E-state index in [-0.39, 0.29) is 0 Å². The fourth-order valence-corrected chi connectivity index (χ4v) is 2.54. The van der Waals surface area contributed by atoms with Crippen LogP contribution in [0.3, 0.4) is 0 Å². The third kappa shape index (κ3) is 2.52. The van der Waals surface area contributed by atoms with Crippen LogP contribution in [0.1, 0.15) is 19.3 Å². The molecule has 4 nitrogen and oxygen atoms in total. The molecule has 2 N–H and O–H groups in total. The third-order valence-electron chi connectivity index (χ3n) is 3.64. The van der Waals surface area contributed by atoms with Gasteiger partial charge in [-0.05, 0) is 31.4 Å². The van der Waals surface area contributed by atoms with Gasteiger partial charge in [0.1, 0.15) is 11.6 Å². The van der Waals surface area contributed by atoms with E-state index in [0.29, 0.717) is 6.04 Å². The van der Waals surface area contributed by atoms with Gasteiger partial charge in [-0.15, -0.1) is 0 Å². The number of nitrogens with one attached hydrogen (secondary N) is 2. The van der Waals surface area contributed by atoms with Gasteiger partial charge in [0.15, 0.2) is 0 Å². The zero-order valence-corrected chi connectivity index (χ0v) is 10.3. The van der Waals surface area contributed by atoms with Crippen molar-refractivity contribution < 1.29 is 0 Å². The second-order valence-corrected chi connectivity index (χ2v) is 5.01. The van der Waals surface area contributed by atoms with Crippen molar-refractivity contribution in [3.8, 4) is 0 Å². The molecular formula is C13H20N4. The van der Waals surface area contributed by atoms with E-state index >= 15 is 0 Å². The van der Waals surface area contributed by atoms with Gasteiger partial charge in [-0.25, -0.2) is 4.98 Å². The predicted molar refractivity (Wildman–Crippen MR) is 70.4 cm³/mol. The Morgan fingerprint density at radius 2 is 2.06 bits per heavy atom. The maximum Gasteiger partial charge on any atom is 0.128 e. The molecule has 1 unspecified atom stereocenters. The Kier molecular flexibility index (Phi) is 2.89. The predicted octanol–water partition coefficient (Wildman–Crippen LogP) is 1.77. The van der Waals surface area contributed by atoms with Crippen molar-refractivity contribution in [2.45, 2.75) is 31.3 Å². The lowest BCUT2D eigenvalue weighted by Crippen LogP contribution is -2.28. The van der Waals surface area contributed by atoms with E-state index in [2.05, 4.69) is 20.5 Å². The van der Waals surface area contributed by atoms with Crippen LogP contribution in [0, 0.1) is 0 Å². The fraction of sp³-hybridized carbons (Fsp3) is 0.615. The number of aromatic nitrogens is 1. The molecule has 17 heavy (non-hydrogen) atoms. The first-order valence-electron chi connectivity index (χ1n) is 6.50. The normalized spacial score (nSPS) is 24.9. The number of hydrogen-bond donors (Lipinski definition) is 2. The Hall–Kier alpha value is -1.29. The summed E-state index contributed by atoms with van der Waals surface area (Å²) < 4.78 is 0. The first kappa shape index (κ1) is 10.8. The molecule has 3 rings (SSSR count). The topological polar surface area (TPSA) is 40.2 Å². The van der Waals surface area contributed by atoms with E-state index in [9.17, 15) is 0 Å². The molecule has 1 saturated heterocycles. The summed E-state index contributed by atoms with van der Waals surface area (Å²) in [6, 6.07) is 7.51. The Labute approximate surface area is 102 Å². The average Bonchev–Trinajstić information content (AvgIpc) is 3.11. The molecule has 0 amide bonds. The molecule has 0 bridgehead atoms. The number of hydrogen-bond acceptors (Lipinski definition) is 4. The van der Waals surface area contributed by atoms with Crippen LogP contribution in [0.25, 0.3) is 0 Å². The van der Waals surface area contributed by atoms with Crippen LogP contribution in [0.15, 0.2) is 18.2 Å². The molecule has 1 aromatic heterocycles. The third-order valence-corrected chi connectivity index (χ3v) is 3.64. The van der Waals surface area contributed by atoms with Crippen molar-refractivity contribution in [2.75, 3.05) is 30.8 Å². The van der Waals surface area contributed by atoms with Gasteiger partial charge in [-0.1, -0.05) is 6.07 Å². The summed E-state index contributed by atoms with van der Waals surface area (Å²) in [7, 11) is 1.90. The van der Waals surface area contributed by atoms with E-state index in [1.807, 2.05) is 25.2 Å². The highest BCUT2D eigenvalue weighted by Gasteiger charge is 2.34. The maximum atomic E-state index is 4.50. The van der Waals surface area contributed by atoms with Gasteiger partial charge >= 0.3 is 0 Å². The van der Waals surface area contributed by atoms with Crippen LogP contribution in [-0.2, 0) is 0 Å². The molecule has 0 spiro atoms. The van der Waals surface area contributed by atoms with Gasteiger partial charge in [-0.2, -0.15) is 0 Å². The van der Waals surface area contributed by atoms with Crippen molar-refractivity contribution in [3.63, 3.8) is 0 Å². The maximum absolute atomic E-state index is 4.50. The van der Waals surface area contributed by atoms with Gasteiger partial charge in [0.25, 0.3) is 0 Å². The fourth-order valence-electron chi connectivity index (χ4n) is 2.54. The molecule has 0 aromatic carbocycles. The van der Waals surface area contributed by atoms with Gasteiger partial charge in [-0.3, -0.25) is 4.90 Å². The zero-order valence-electron chi connectivity index (χ0n) is 10.3. The summed E-state index contributed by atoms with van der Waals surface area (Å²) in [5, 5.41) is 6.60. The Bertz CT molecular complexity index is 389. The van der Waals surface area contributed by atoms with E-state index in [1.54, 1.807) is 0 Å². The van der Waals surface area contributed by atoms with Crippen LogP contribution < -0.4 is 10.6 Å². The summed E-state index contributed by atoms with van der Waals surface area (Å²) in [6.07, 6.45) is 4.04. The van der Waals surface area contributed by atoms with Crippen LogP contribution in [0.2, 0.25) is 0 Å². The van der Waals surface area contributed by atoms with Crippen molar-refractivity contribution >= 4 is 11.6 Å². The molecule has 0 radical (unpaired) electrons. The van der Waals surface area contributed by atoms with Crippen LogP contribution in [0.4, 0.5) is 11.6 Å². The van der Waals surface area contributed by atoms with Gasteiger partial charge < -0.3 is 10.6 Å². The molecule has 92 valence electrons. The van der Waals surface area contributed by atoms with Gasteiger partial charge in [0.05, 0.1) is 0 Å². The minimum atomic E-state index is 0.565. The molecule has 2 heterocycles. The molecular weight excluding hydrogens is 212 g/mol. The van der Waals surface area contributed by atoms with E-state index in [0.717, 1.165) is 17.7 Å². The van der Waals surface area contributed by atoms with Crippen molar-refractivity contribution in [2.24, 2.45) is 0 Å².